The van der Waals surface area contributed by atoms with Gasteiger partial charge in [0.15, 0.2) is 6.61 Å². The van der Waals surface area contributed by atoms with Crippen LogP contribution in [0.4, 0.5) is 0 Å². The molecule has 6 heteroatoms. The number of carboxylic acid groups (broad SMARTS) is 1. The number of amides is 1. The minimum absolute atomic E-state index is 0.168. The number of esters is 1. The summed E-state index contributed by atoms with van der Waals surface area (Å²) in [7, 11) is 0. The van der Waals surface area contributed by atoms with Gasteiger partial charge in [0.2, 0.25) is 0 Å². The summed E-state index contributed by atoms with van der Waals surface area (Å²) in [4.78, 5) is 33.1. The Morgan fingerprint density at radius 3 is 2.35 bits per heavy atom. The van der Waals surface area contributed by atoms with Crippen molar-refractivity contribution >= 4 is 17.8 Å². The van der Waals surface area contributed by atoms with E-state index in [0.29, 0.717) is 0 Å². The molecule has 1 atom stereocenters. The molecule has 1 aromatic carbocycles. The van der Waals surface area contributed by atoms with E-state index >= 15 is 0 Å². The van der Waals surface area contributed by atoms with Crippen LogP contribution in [0.1, 0.15) is 18.1 Å². The van der Waals surface area contributed by atoms with Gasteiger partial charge in [0.05, 0.1) is 0 Å². The van der Waals surface area contributed by atoms with Gasteiger partial charge in [-0.3, -0.25) is 9.59 Å². The molecule has 108 valence electrons. The zero-order valence-corrected chi connectivity index (χ0v) is 11.4. The Hall–Kier alpha value is -2.37. The standard InChI is InChI=1S/C14H17NO5/c1-9-3-5-11(6-4-9)7-12(14(18)19)15-13(17)8-20-10(2)16/h3-6,12H,7-8H2,1-2H3,(H,15,17)(H,18,19)/t12-/m0/s1. The molecule has 1 aromatic rings. The number of aryl methyl sites for hydroxylation is 1. The Kier molecular flexibility index (Phi) is 5.71. The van der Waals surface area contributed by atoms with Crippen LogP contribution in [0, 0.1) is 6.92 Å². The van der Waals surface area contributed by atoms with Crippen LogP contribution in [0.5, 0.6) is 0 Å². The van der Waals surface area contributed by atoms with Crippen LogP contribution in [0.25, 0.3) is 0 Å². The first-order valence-corrected chi connectivity index (χ1v) is 6.09. The van der Waals surface area contributed by atoms with Gasteiger partial charge in [-0.25, -0.2) is 4.79 Å². The first kappa shape index (κ1) is 15.7. The normalized spacial score (nSPS) is 11.5. The molecule has 0 heterocycles. The van der Waals surface area contributed by atoms with Crippen molar-refractivity contribution in [1.29, 1.82) is 0 Å². The van der Waals surface area contributed by atoms with Crippen LogP contribution in [0.2, 0.25) is 0 Å². The van der Waals surface area contributed by atoms with Crippen LogP contribution < -0.4 is 5.32 Å². The Morgan fingerprint density at radius 1 is 1.25 bits per heavy atom. The average Bonchev–Trinajstić information content (AvgIpc) is 2.38. The van der Waals surface area contributed by atoms with Crippen LogP contribution in [-0.4, -0.2) is 35.6 Å². The largest absolute Gasteiger partial charge is 0.480 e. The zero-order chi connectivity index (χ0) is 15.1. The molecule has 0 unspecified atom stereocenters. The molecule has 0 radical (unpaired) electrons. The van der Waals surface area contributed by atoms with E-state index in [1.165, 1.54) is 6.92 Å². The monoisotopic (exact) mass is 279 g/mol. The van der Waals surface area contributed by atoms with Gasteiger partial charge in [-0.2, -0.15) is 0 Å². The summed E-state index contributed by atoms with van der Waals surface area (Å²) in [6.07, 6.45) is 0.168. The van der Waals surface area contributed by atoms with Crippen LogP contribution >= 0.6 is 0 Å². The summed E-state index contributed by atoms with van der Waals surface area (Å²) in [5, 5.41) is 11.4. The highest BCUT2D eigenvalue weighted by Gasteiger charge is 2.20. The molecule has 1 amide bonds. The molecule has 0 aromatic heterocycles. The van der Waals surface area contributed by atoms with Crippen molar-refractivity contribution in [1.82, 2.24) is 5.32 Å². The SMILES string of the molecule is CC(=O)OCC(=O)N[C@@H](Cc1ccc(C)cc1)C(=O)O. The minimum atomic E-state index is -1.14. The second-order valence-electron chi connectivity index (χ2n) is 4.43. The van der Waals surface area contributed by atoms with E-state index in [0.717, 1.165) is 11.1 Å². The number of ether oxygens (including phenoxy) is 1. The van der Waals surface area contributed by atoms with E-state index in [9.17, 15) is 14.4 Å². The minimum Gasteiger partial charge on any atom is -0.480 e. The highest BCUT2D eigenvalue weighted by molar-refractivity contribution is 5.85. The van der Waals surface area contributed by atoms with E-state index in [1.54, 1.807) is 0 Å². The van der Waals surface area contributed by atoms with E-state index in [1.807, 2.05) is 31.2 Å². The number of benzene rings is 1. The van der Waals surface area contributed by atoms with Crippen LogP contribution in [-0.2, 0) is 25.5 Å². The number of aliphatic carboxylic acids is 1. The zero-order valence-electron chi connectivity index (χ0n) is 11.4. The number of carbonyl (C=O) groups excluding carboxylic acids is 2. The number of rotatable bonds is 6. The maximum atomic E-state index is 11.5. The van der Waals surface area contributed by atoms with E-state index < -0.39 is 30.5 Å². The topological polar surface area (TPSA) is 92.7 Å². The summed E-state index contributed by atoms with van der Waals surface area (Å²) in [6, 6.07) is 6.30. The number of hydrogen-bond acceptors (Lipinski definition) is 4. The van der Waals surface area contributed by atoms with Gasteiger partial charge in [-0.15, -0.1) is 0 Å². The fraction of sp³-hybridized carbons (Fsp3) is 0.357. The van der Waals surface area contributed by atoms with Crippen molar-refractivity contribution in [2.24, 2.45) is 0 Å². The van der Waals surface area contributed by atoms with E-state index in [-0.39, 0.29) is 6.42 Å². The summed E-state index contributed by atoms with van der Waals surface area (Å²) in [6.45, 7) is 2.63. The summed E-state index contributed by atoms with van der Waals surface area (Å²) >= 11 is 0. The van der Waals surface area contributed by atoms with Crippen molar-refractivity contribution in [2.75, 3.05) is 6.61 Å². The summed E-state index contributed by atoms with van der Waals surface area (Å²) in [5.41, 5.74) is 1.87. The van der Waals surface area contributed by atoms with Gasteiger partial charge in [0.25, 0.3) is 5.91 Å². The lowest BCUT2D eigenvalue weighted by atomic mass is 10.0. The predicted octanol–water partition coefficient (Wildman–Crippen LogP) is 0.670. The van der Waals surface area contributed by atoms with Gasteiger partial charge in [-0.1, -0.05) is 29.8 Å². The van der Waals surface area contributed by atoms with Gasteiger partial charge in [-0.05, 0) is 12.5 Å². The predicted molar refractivity (Wildman–Crippen MR) is 71.1 cm³/mol. The fourth-order valence-electron chi connectivity index (χ4n) is 1.56. The molecule has 0 saturated heterocycles. The van der Waals surface area contributed by atoms with Gasteiger partial charge >= 0.3 is 11.9 Å². The average molecular weight is 279 g/mol. The number of hydrogen-bond donors (Lipinski definition) is 2. The number of carboxylic acids is 1. The lowest BCUT2D eigenvalue weighted by molar-refractivity contribution is -0.148. The molecule has 0 spiro atoms. The number of carbonyl (C=O) groups is 3. The summed E-state index contributed by atoms with van der Waals surface area (Å²) < 4.78 is 4.51. The van der Waals surface area contributed by atoms with Crippen molar-refractivity contribution in [3.05, 3.63) is 35.4 Å². The van der Waals surface area contributed by atoms with Crippen molar-refractivity contribution in [3.63, 3.8) is 0 Å². The van der Waals surface area contributed by atoms with Crippen molar-refractivity contribution in [2.45, 2.75) is 26.3 Å². The highest BCUT2D eigenvalue weighted by Crippen LogP contribution is 2.06. The molecule has 0 aliphatic carbocycles. The van der Waals surface area contributed by atoms with Crippen molar-refractivity contribution in [3.8, 4) is 0 Å². The molecule has 0 aliphatic rings. The van der Waals surface area contributed by atoms with E-state index in [4.69, 9.17) is 5.11 Å². The van der Waals surface area contributed by atoms with Crippen molar-refractivity contribution < 1.29 is 24.2 Å². The lowest BCUT2D eigenvalue weighted by Crippen LogP contribution is -2.44. The molecule has 0 aliphatic heterocycles. The lowest BCUT2D eigenvalue weighted by Gasteiger charge is -2.14. The fourth-order valence-corrected chi connectivity index (χ4v) is 1.56. The first-order valence-electron chi connectivity index (χ1n) is 6.09. The Morgan fingerprint density at radius 2 is 1.85 bits per heavy atom. The molecular formula is C14H17NO5. The Labute approximate surface area is 116 Å². The molecule has 0 saturated carbocycles. The smallest absolute Gasteiger partial charge is 0.326 e. The van der Waals surface area contributed by atoms with Gasteiger partial charge < -0.3 is 15.2 Å². The molecule has 20 heavy (non-hydrogen) atoms. The third-order valence-corrected chi connectivity index (χ3v) is 2.60. The molecular weight excluding hydrogens is 262 g/mol. The maximum Gasteiger partial charge on any atom is 0.326 e. The summed E-state index contributed by atoms with van der Waals surface area (Å²) in [5.74, 6) is -2.37. The van der Waals surface area contributed by atoms with Crippen LogP contribution in [0.3, 0.4) is 0 Å². The first-order chi connectivity index (χ1) is 9.38. The second-order valence-corrected chi connectivity index (χ2v) is 4.43. The highest BCUT2D eigenvalue weighted by atomic mass is 16.5. The van der Waals surface area contributed by atoms with E-state index in [2.05, 4.69) is 10.1 Å². The third kappa shape index (κ3) is 5.51. The third-order valence-electron chi connectivity index (χ3n) is 2.60. The Bertz CT molecular complexity index is 495. The second kappa shape index (κ2) is 7.28. The Balaban J connectivity index is 2.60. The molecule has 0 bridgehead atoms. The molecule has 2 N–H and O–H groups in total. The molecule has 6 nitrogen and oxygen atoms in total. The van der Waals surface area contributed by atoms with Crippen LogP contribution in [0.15, 0.2) is 24.3 Å². The molecule has 1 rings (SSSR count). The maximum absolute atomic E-state index is 11.5. The van der Waals surface area contributed by atoms with Gasteiger partial charge in [0.1, 0.15) is 6.04 Å². The molecule has 0 fully saturated rings. The quantitative estimate of drug-likeness (QED) is 0.747. The number of nitrogens with one attached hydrogen (secondary N) is 1. The van der Waals surface area contributed by atoms with Gasteiger partial charge in [0, 0.05) is 13.3 Å².